The van der Waals surface area contributed by atoms with Crippen LogP contribution in [0.15, 0.2) is 53.2 Å². The molecule has 0 bridgehead atoms. The third-order valence-electron chi connectivity index (χ3n) is 2.86. The topological polar surface area (TPSA) is 92.9 Å². The van der Waals surface area contributed by atoms with E-state index in [0.29, 0.717) is 22.5 Å². The van der Waals surface area contributed by atoms with Gasteiger partial charge in [0.15, 0.2) is 0 Å². The summed E-state index contributed by atoms with van der Waals surface area (Å²) in [6.07, 6.45) is 3.28. The van der Waals surface area contributed by atoms with Gasteiger partial charge in [0.05, 0.1) is 12.1 Å². The number of pyridine rings is 1. The zero-order chi connectivity index (χ0) is 16.1. The van der Waals surface area contributed by atoms with Crippen molar-refractivity contribution in [1.82, 2.24) is 20.5 Å². The lowest BCUT2D eigenvalue weighted by atomic mass is 10.3. The minimum Gasteiger partial charge on any atom is -0.419 e. The number of amides is 2. The fourth-order valence-corrected chi connectivity index (χ4v) is 2.02. The average Bonchev–Trinajstić information content (AvgIpc) is 3.03. The number of benzene rings is 1. The summed E-state index contributed by atoms with van der Waals surface area (Å²) < 4.78 is 5.46. The number of hydrogen-bond acceptors (Lipinski definition) is 5. The first-order chi connectivity index (χ1) is 11.2. The highest BCUT2D eigenvalue weighted by Crippen LogP contribution is 2.16. The maximum absolute atomic E-state index is 11.8. The second-order valence-corrected chi connectivity index (χ2v) is 5.00. The highest BCUT2D eigenvalue weighted by molar-refractivity contribution is 6.30. The van der Waals surface area contributed by atoms with Gasteiger partial charge in [0, 0.05) is 23.1 Å². The van der Waals surface area contributed by atoms with Gasteiger partial charge in [0.2, 0.25) is 11.8 Å². The van der Waals surface area contributed by atoms with Crippen LogP contribution in [0.2, 0.25) is 5.02 Å². The zero-order valence-corrected chi connectivity index (χ0v) is 12.6. The second-order valence-electron chi connectivity index (χ2n) is 4.56. The Labute approximate surface area is 136 Å². The van der Waals surface area contributed by atoms with Crippen molar-refractivity contribution < 1.29 is 9.21 Å². The fraction of sp³-hybridized carbons (Fsp3) is 0.0667. The number of aromatic nitrogens is 3. The number of nitrogens with zero attached hydrogens (tertiary/aromatic N) is 3. The van der Waals surface area contributed by atoms with Gasteiger partial charge in [0.25, 0.3) is 0 Å². The van der Waals surface area contributed by atoms with Crippen LogP contribution in [-0.4, -0.2) is 21.2 Å². The maximum atomic E-state index is 11.8. The SMILES string of the molecule is O=C(NCc1nnc(-c2cccnc2)o1)Nc1cccc(Cl)c1. The summed E-state index contributed by atoms with van der Waals surface area (Å²) in [5, 5.41) is 13.6. The van der Waals surface area contributed by atoms with Crippen LogP contribution in [0.4, 0.5) is 10.5 Å². The van der Waals surface area contributed by atoms with Gasteiger partial charge in [-0.25, -0.2) is 4.79 Å². The third kappa shape index (κ3) is 4.04. The first kappa shape index (κ1) is 15.0. The van der Waals surface area contributed by atoms with Gasteiger partial charge in [-0.1, -0.05) is 17.7 Å². The number of halogens is 1. The number of nitrogens with one attached hydrogen (secondary N) is 2. The quantitative estimate of drug-likeness (QED) is 0.767. The molecule has 0 spiro atoms. The number of urea groups is 1. The van der Waals surface area contributed by atoms with E-state index in [9.17, 15) is 4.79 Å². The highest BCUT2D eigenvalue weighted by atomic mass is 35.5. The third-order valence-corrected chi connectivity index (χ3v) is 3.09. The van der Waals surface area contributed by atoms with Crippen LogP contribution in [0.3, 0.4) is 0 Å². The summed E-state index contributed by atoms with van der Waals surface area (Å²) in [5.41, 5.74) is 1.31. The molecule has 8 heteroatoms. The molecule has 2 aromatic heterocycles. The van der Waals surface area contributed by atoms with Gasteiger partial charge < -0.3 is 15.1 Å². The summed E-state index contributed by atoms with van der Waals surface area (Å²) in [7, 11) is 0. The minimum absolute atomic E-state index is 0.111. The van der Waals surface area contributed by atoms with E-state index in [-0.39, 0.29) is 6.54 Å². The number of anilines is 1. The van der Waals surface area contributed by atoms with E-state index in [1.54, 1.807) is 42.7 Å². The standard InChI is InChI=1S/C15H12ClN5O2/c16-11-4-1-5-12(7-11)19-15(22)18-9-13-20-21-14(23-13)10-3-2-6-17-8-10/h1-8H,9H2,(H2,18,19,22). The fourth-order valence-electron chi connectivity index (χ4n) is 1.83. The molecule has 0 atom stereocenters. The van der Waals surface area contributed by atoms with Gasteiger partial charge in [-0.05, 0) is 30.3 Å². The first-order valence-electron chi connectivity index (χ1n) is 6.74. The molecule has 0 aliphatic carbocycles. The Morgan fingerprint density at radius 2 is 2.13 bits per heavy atom. The maximum Gasteiger partial charge on any atom is 0.319 e. The molecule has 0 aliphatic heterocycles. The predicted molar refractivity (Wildman–Crippen MR) is 84.8 cm³/mol. The van der Waals surface area contributed by atoms with Crippen LogP contribution >= 0.6 is 11.6 Å². The predicted octanol–water partition coefficient (Wildman–Crippen LogP) is 3.11. The molecule has 116 valence electrons. The molecule has 1 aromatic carbocycles. The molecule has 0 saturated heterocycles. The Morgan fingerprint density at radius 1 is 1.22 bits per heavy atom. The summed E-state index contributed by atoms with van der Waals surface area (Å²) in [6.45, 7) is 0.111. The molecule has 0 unspecified atom stereocenters. The van der Waals surface area contributed by atoms with E-state index in [2.05, 4.69) is 25.8 Å². The second kappa shape index (κ2) is 6.89. The molecule has 2 N–H and O–H groups in total. The Bertz CT molecular complexity index is 806. The Kier molecular flexibility index (Phi) is 4.49. The number of rotatable bonds is 4. The van der Waals surface area contributed by atoms with Crippen molar-refractivity contribution in [3.8, 4) is 11.5 Å². The summed E-state index contributed by atoms with van der Waals surface area (Å²) >= 11 is 5.85. The number of hydrogen-bond donors (Lipinski definition) is 2. The van der Waals surface area contributed by atoms with Gasteiger partial charge in [-0.2, -0.15) is 0 Å². The van der Waals surface area contributed by atoms with Crippen molar-refractivity contribution in [1.29, 1.82) is 0 Å². The largest absolute Gasteiger partial charge is 0.419 e. The number of carbonyl (C=O) groups excluding carboxylic acids is 1. The molecule has 0 radical (unpaired) electrons. The van der Waals surface area contributed by atoms with Gasteiger partial charge in [-0.3, -0.25) is 4.98 Å². The minimum atomic E-state index is -0.395. The Morgan fingerprint density at radius 3 is 2.91 bits per heavy atom. The molecule has 23 heavy (non-hydrogen) atoms. The first-order valence-corrected chi connectivity index (χ1v) is 7.12. The van der Waals surface area contributed by atoms with Crippen LogP contribution in [0.5, 0.6) is 0 Å². The molecular formula is C15H12ClN5O2. The van der Waals surface area contributed by atoms with Crippen molar-refractivity contribution >= 4 is 23.3 Å². The van der Waals surface area contributed by atoms with Crippen LogP contribution in [0.25, 0.3) is 11.5 Å². The Balaban J connectivity index is 1.56. The van der Waals surface area contributed by atoms with Crippen LogP contribution in [-0.2, 0) is 6.54 Å². The zero-order valence-electron chi connectivity index (χ0n) is 11.9. The summed E-state index contributed by atoms with van der Waals surface area (Å²) in [6, 6.07) is 10.0. The lowest BCUT2D eigenvalue weighted by molar-refractivity contribution is 0.250. The Hall–Kier alpha value is -2.93. The van der Waals surface area contributed by atoms with E-state index in [4.69, 9.17) is 16.0 Å². The van der Waals surface area contributed by atoms with E-state index in [0.717, 1.165) is 5.56 Å². The van der Waals surface area contributed by atoms with Crippen molar-refractivity contribution in [2.24, 2.45) is 0 Å². The summed E-state index contributed by atoms with van der Waals surface area (Å²) in [4.78, 5) is 15.8. The van der Waals surface area contributed by atoms with E-state index < -0.39 is 6.03 Å². The lowest BCUT2D eigenvalue weighted by Gasteiger charge is -2.05. The van der Waals surface area contributed by atoms with Gasteiger partial charge >= 0.3 is 6.03 Å². The molecule has 3 rings (SSSR count). The van der Waals surface area contributed by atoms with E-state index >= 15 is 0 Å². The average molecular weight is 330 g/mol. The number of carbonyl (C=O) groups is 1. The molecule has 3 aromatic rings. The van der Waals surface area contributed by atoms with Gasteiger partial charge in [0.1, 0.15) is 0 Å². The summed E-state index contributed by atoms with van der Waals surface area (Å²) in [5.74, 6) is 0.648. The van der Waals surface area contributed by atoms with Crippen molar-refractivity contribution in [3.05, 3.63) is 59.7 Å². The molecular weight excluding hydrogens is 318 g/mol. The molecule has 0 aliphatic rings. The monoisotopic (exact) mass is 329 g/mol. The van der Waals surface area contributed by atoms with Crippen molar-refractivity contribution in [2.45, 2.75) is 6.54 Å². The van der Waals surface area contributed by atoms with Crippen LogP contribution < -0.4 is 10.6 Å². The lowest BCUT2D eigenvalue weighted by Crippen LogP contribution is -2.28. The molecule has 7 nitrogen and oxygen atoms in total. The molecule has 0 fully saturated rings. The van der Waals surface area contributed by atoms with Gasteiger partial charge in [-0.15, -0.1) is 10.2 Å². The smallest absolute Gasteiger partial charge is 0.319 e. The normalized spacial score (nSPS) is 10.3. The molecule has 2 amide bonds. The molecule has 0 saturated carbocycles. The van der Waals surface area contributed by atoms with Crippen molar-refractivity contribution in [2.75, 3.05) is 5.32 Å². The molecule has 2 heterocycles. The van der Waals surface area contributed by atoms with E-state index in [1.807, 2.05) is 6.07 Å². The van der Waals surface area contributed by atoms with E-state index in [1.165, 1.54) is 0 Å². The van der Waals surface area contributed by atoms with Crippen LogP contribution in [0, 0.1) is 0 Å². The highest BCUT2D eigenvalue weighted by Gasteiger charge is 2.09. The van der Waals surface area contributed by atoms with Crippen molar-refractivity contribution in [3.63, 3.8) is 0 Å². The van der Waals surface area contributed by atoms with Crippen LogP contribution in [0.1, 0.15) is 5.89 Å².